The first kappa shape index (κ1) is 19.2. The first-order valence-corrected chi connectivity index (χ1v) is 8.84. The lowest BCUT2D eigenvalue weighted by Crippen LogP contribution is -2.60. The molecule has 0 radical (unpaired) electrons. The van der Waals surface area contributed by atoms with Gasteiger partial charge >= 0.3 is 0 Å². The van der Waals surface area contributed by atoms with Crippen LogP contribution in [0.1, 0.15) is 50.7 Å². The topological polar surface area (TPSA) is 81.4 Å². The Bertz CT molecular complexity index is 843. The molecule has 0 atom stereocenters. The molecule has 1 saturated carbocycles. The van der Waals surface area contributed by atoms with Crippen LogP contribution in [0.5, 0.6) is 5.75 Å². The number of carbonyl (C=O) groups is 2. The second-order valence-electron chi connectivity index (χ2n) is 7.87. The van der Waals surface area contributed by atoms with Gasteiger partial charge in [-0.15, -0.1) is 0 Å². The van der Waals surface area contributed by atoms with Gasteiger partial charge in [-0.2, -0.15) is 0 Å². The minimum atomic E-state index is -2.84. The molecule has 144 valence electrons. The first-order chi connectivity index (χ1) is 12.5. The Morgan fingerprint density at radius 1 is 1.19 bits per heavy atom. The molecule has 27 heavy (non-hydrogen) atoms. The SMILES string of the molecule is CC1(C)Cc2ccc(C#CC(=O)NC3(C(N)=O)CCC(F)(F)CC3)cc2O1. The zero-order valence-electron chi connectivity index (χ0n) is 15.3. The van der Waals surface area contributed by atoms with Gasteiger partial charge < -0.3 is 15.8 Å². The van der Waals surface area contributed by atoms with Gasteiger partial charge in [0.15, 0.2) is 0 Å². The second kappa shape index (κ2) is 6.52. The Labute approximate surface area is 156 Å². The Kier molecular flexibility index (Phi) is 4.62. The van der Waals surface area contributed by atoms with Gasteiger partial charge in [0.05, 0.1) is 0 Å². The van der Waals surface area contributed by atoms with E-state index in [1.165, 1.54) is 0 Å². The van der Waals surface area contributed by atoms with Crippen molar-refractivity contribution < 1.29 is 23.1 Å². The average Bonchev–Trinajstić information content (AvgIpc) is 2.88. The lowest BCUT2D eigenvalue weighted by atomic mass is 9.79. The maximum absolute atomic E-state index is 13.4. The minimum absolute atomic E-state index is 0.204. The number of fused-ring (bicyclic) bond motifs is 1. The van der Waals surface area contributed by atoms with Crippen molar-refractivity contribution in [3.05, 3.63) is 29.3 Å². The van der Waals surface area contributed by atoms with Gasteiger partial charge in [0, 0.05) is 30.7 Å². The number of amides is 2. The number of hydrogen-bond donors (Lipinski definition) is 2. The smallest absolute Gasteiger partial charge is 0.297 e. The van der Waals surface area contributed by atoms with E-state index in [-0.39, 0.29) is 18.4 Å². The molecule has 1 fully saturated rings. The van der Waals surface area contributed by atoms with Crippen LogP contribution in [0.4, 0.5) is 8.78 Å². The third-order valence-corrected chi connectivity index (χ3v) is 5.05. The third-order valence-electron chi connectivity index (χ3n) is 5.05. The fourth-order valence-corrected chi connectivity index (χ4v) is 3.52. The molecule has 0 spiro atoms. The summed E-state index contributed by atoms with van der Waals surface area (Å²) in [5.41, 5.74) is 5.28. The fraction of sp³-hybridized carbons (Fsp3) is 0.500. The van der Waals surface area contributed by atoms with Crippen LogP contribution in [-0.2, 0) is 16.0 Å². The van der Waals surface area contributed by atoms with Crippen molar-refractivity contribution >= 4 is 11.8 Å². The van der Waals surface area contributed by atoms with Crippen molar-refractivity contribution in [2.24, 2.45) is 5.73 Å². The number of primary amides is 1. The summed E-state index contributed by atoms with van der Waals surface area (Å²) in [6, 6.07) is 5.45. The van der Waals surface area contributed by atoms with Crippen molar-refractivity contribution in [1.29, 1.82) is 0 Å². The number of halogens is 2. The summed E-state index contributed by atoms with van der Waals surface area (Å²) >= 11 is 0. The molecule has 7 heteroatoms. The third kappa shape index (κ3) is 4.21. The second-order valence-corrected chi connectivity index (χ2v) is 7.87. The van der Waals surface area contributed by atoms with E-state index < -0.39 is 36.1 Å². The molecule has 3 rings (SSSR count). The van der Waals surface area contributed by atoms with Crippen LogP contribution in [0.2, 0.25) is 0 Å². The zero-order valence-corrected chi connectivity index (χ0v) is 15.3. The number of carbonyl (C=O) groups excluding carboxylic acids is 2. The summed E-state index contributed by atoms with van der Waals surface area (Å²) in [4.78, 5) is 24.0. The van der Waals surface area contributed by atoms with Gasteiger partial charge in [0.25, 0.3) is 5.91 Å². The Morgan fingerprint density at radius 2 is 1.85 bits per heavy atom. The molecule has 5 nitrogen and oxygen atoms in total. The molecular weight excluding hydrogens is 354 g/mol. The van der Waals surface area contributed by atoms with E-state index in [2.05, 4.69) is 17.2 Å². The average molecular weight is 376 g/mol. The number of benzene rings is 1. The van der Waals surface area contributed by atoms with Crippen molar-refractivity contribution in [3.8, 4) is 17.6 Å². The highest BCUT2D eigenvalue weighted by molar-refractivity contribution is 5.99. The minimum Gasteiger partial charge on any atom is -0.487 e. The molecule has 3 N–H and O–H groups in total. The van der Waals surface area contributed by atoms with E-state index in [1.807, 2.05) is 19.9 Å². The summed E-state index contributed by atoms with van der Waals surface area (Å²) in [6.07, 6.45) is -0.611. The Morgan fingerprint density at radius 3 is 2.48 bits per heavy atom. The summed E-state index contributed by atoms with van der Waals surface area (Å²) in [5.74, 6) is 1.48. The fourth-order valence-electron chi connectivity index (χ4n) is 3.52. The van der Waals surface area contributed by atoms with Crippen LogP contribution < -0.4 is 15.8 Å². The van der Waals surface area contributed by atoms with Crippen LogP contribution in [0.25, 0.3) is 0 Å². The van der Waals surface area contributed by atoms with Gasteiger partial charge in [-0.25, -0.2) is 8.78 Å². The van der Waals surface area contributed by atoms with Crippen LogP contribution in [0.3, 0.4) is 0 Å². The number of hydrogen-bond acceptors (Lipinski definition) is 3. The highest BCUT2D eigenvalue weighted by Gasteiger charge is 2.47. The van der Waals surface area contributed by atoms with Crippen LogP contribution in [0.15, 0.2) is 18.2 Å². The predicted molar refractivity (Wildman–Crippen MR) is 95.2 cm³/mol. The van der Waals surface area contributed by atoms with Crippen LogP contribution in [-0.4, -0.2) is 28.9 Å². The van der Waals surface area contributed by atoms with E-state index in [4.69, 9.17) is 10.5 Å². The standard InChI is InChI=1S/C20H22F2N2O3/c1-18(2)12-14-5-3-13(11-15(14)27-18)4-6-16(25)24-19(17(23)26)7-9-20(21,22)10-8-19/h3,5,11H,7-10,12H2,1-2H3,(H2,23,26)(H,24,25). The predicted octanol–water partition coefficient (Wildman–Crippen LogP) is 2.30. The van der Waals surface area contributed by atoms with E-state index in [9.17, 15) is 18.4 Å². The van der Waals surface area contributed by atoms with E-state index in [1.54, 1.807) is 12.1 Å². The number of alkyl halides is 2. The van der Waals surface area contributed by atoms with Gasteiger partial charge in [0.2, 0.25) is 11.8 Å². The number of nitrogens with one attached hydrogen (secondary N) is 1. The summed E-state index contributed by atoms with van der Waals surface area (Å²) < 4.78 is 32.6. The number of rotatable bonds is 2. The zero-order chi connectivity index (χ0) is 19.9. The molecule has 1 heterocycles. The van der Waals surface area contributed by atoms with Gasteiger partial charge in [-0.05, 0) is 44.4 Å². The molecule has 2 aliphatic rings. The van der Waals surface area contributed by atoms with Crippen LogP contribution in [0, 0.1) is 11.8 Å². The summed E-state index contributed by atoms with van der Waals surface area (Å²) in [5, 5.41) is 2.45. The lowest BCUT2D eigenvalue weighted by molar-refractivity contribution is -0.135. The Hall–Kier alpha value is -2.62. The number of nitrogens with two attached hydrogens (primary N) is 1. The summed E-state index contributed by atoms with van der Waals surface area (Å²) in [7, 11) is 0. The maximum atomic E-state index is 13.4. The highest BCUT2D eigenvalue weighted by Crippen LogP contribution is 2.38. The van der Waals surface area contributed by atoms with Gasteiger partial charge in [0.1, 0.15) is 16.9 Å². The molecule has 2 amide bonds. The van der Waals surface area contributed by atoms with Gasteiger partial charge in [-0.1, -0.05) is 12.0 Å². The maximum Gasteiger partial charge on any atom is 0.297 e. The number of ether oxygens (including phenoxy) is 1. The van der Waals surface area contributed by atoms with Crippen molar-refractivity contribution in [1.82, 2.24) is 5.32 Å². The van der Waals surface area contributed by atoms with Gasteiger partial charge in [-0.3, -0.25) is 9.59 Å². The largest absolute Gasteiger partial charge is 0.487 e. The Balaban J connectivity index is 1.71. The summed E-state index contributed by atoms with van der Waals surface area (Å²) in [6.45, 7) is 3.98. The highest BCUT2D eigenvalue weighted by atomic mass is 19.3. The van der Waals surface area contributed by atoms with Crippen molar-refractivity contribution in [2.75, 3.05) is 0 Å². The molecule has 1 aromatic carbocycles. The molecule has 0 bridgehead atoms. The molecular formula is C20H22F2N2O3. The molecule has 0 aromatic heterocycles. The molecule has 1 aliphatic carbocycles. The normalized spacial score (nSPS) is 21.2. The van der Waals surface area contributed by atoms with Crippen LogP contribution >= 0.6 is 0 Å². The van der Waals surface area contributed by atoms with E-state index >= 15 is 0 Å². The van der Waals surface area contributed by atoms with E-state index in [0.717, 1.165) is 17.7 Å². The molecule has 0 unspecified atom stereocenters. The monoisotopic (exact) mass is 376 g/mol. The van der Waals surface area contributed by atoms with Crippen molar-refractivity contribution in [2.45, 2.75) is 63.0 Å². The van der Waals surface area contributed by atoms with E-state index in [0.29, 0.717) is 5.56 Å². The lowest BCUT2D eigenvalue weighted by Gasteiger charge is -2.37. The van der Waals surface area contributed by atoms with Crippen molar-refractivity contribution in [3.63, 3.8) is 0 Å². The molecule has 0 saturated heterocycles. The first-order valence-electron chi connectivity index (χ1n) is 8.84. The molecule has 1 aliphatic heterocycles. The molecule has 1 aromatic rings. The quantitative estimate of drug-likeness (QED) is 0.777.